The topological polar surface area (TPSA) is 84.1 Å². The van der Waals surface area contributed by atoms with E-state index in [-0.39, 0.29) is 0 Å². The maximum atomic E-state index is 11.4. The van der Waals surface area contributed by atoms with Crippen molar-refractivity contribution in [3.8, 4) is 0 Å². The fourth-order valence-electron chi connectivity index (χ4n) is 3.78. The van der Waals surface area contributed by atoms with Gasteiger partial charge in [0.1, 0.15) is 0 Å². The molecule has 1 saturated heterocycles. The summed E-state index contributed by atoms with van der Waals surface area (Å²) in [6.07, 6.45) is 0.298. The van der Waals surface area contributed by atoms with E-state index in [2.05, 4.69) is 15.4 Å². The lowest BCUT2D eigenvalue weighted by Crippen LogP contribution is -2.45. The lowest BCUT2D eigenvalue weighted by Gasteiger charge is -2.39. The molecule has 9 heteroatoms. The largest absolute Gasteiger partial charge is 0.465 e. The summed E-state index contributed by atoms with van der Waals surface area (Å²) in [6, 6.07) is 15.4. The zero-order chi connectivity index (χ0) is 20.4. The number of tetrazole rings is 1. The second kappa shape index (κ2) is 8.00. The number of hydrogen-bond donors (Lipinski definition) is 1. The van der Waals surface area contributed by atoms with Crippen LogP contribution in [0.2, 0.25) is 10.0 Å². The Bertz CT molecular complexity index is 1020. The summed E-state index contributed by atoms with van der Waals surface area (Å²) in [5.74, 6) is 0.605. The number of likely N-dealkylation sites (tertiary alicyclic amines) is 1. The number of piperidine rings is 1. The lowest BCUT2D eigenvalue weighted by molar-refractivity contribution is 0.121. The van der Waals surface area contributed by atoms with Gasteiger partial charge in [0.05, 0.1) is 22.0 Å². The first-order valence-electron chi connectivity index (χ1n) is 9.23. The molecule has 1 N–H and O–H groups in total. The van der Waals surface area contributed by atoms with Gasteiger partial charge in [-0.3, -0.25) is 0 Å². The predicted molar refractivity (Wildman–Crippen MR) is 109 cm³/mol. The Hall–Kier alpha value is -2.64. The third-order valence-electron chi connectivity index (χ3n) is 5.40. The Kier molecular flexibility index (Phi) is 5.43. The van der Waals surface area contributed by atoms with E-state index in [1.807, 2.05) is 36.4 Å². The van der Waals surface area contributed by atoms with E-state index in [9.17, 15) is 9.90 Å². The maximum Gasteiger partial charge on any atom is 0.407 e. The molecule has 0 saturated carbocycles. The standard InChI is InChI=1S/C20H19Cl2N5O2/c21-16-7-6-14(12-17(16)22)13-27-24-18(23-25-27)20(15-4-2-1-3-5-15)8-10-26(11-9-20)19(28)29/h1-7,12H,8-11,13H2,(H,28,29). The van der Waals surface area contributed by atoms with Gasteiger partial charge in [-0.25, -0.2) is 4.79 Å². The molecule has 0 bridgehead atoms. The van der Waals surface area contributed by atoms with Crippen molar-refractivity contribution >= 4 is 29.3 Å². The molecule has 29 heavy (non-hydrogen) atoms. The number of nitrogens with zero attached hydrogens (tertiary/aromatic N) is 5. The number of carboxylic acid groups (broad SMARTS) is 1. The van der Waals surface area contributed by atoms with Crippen LogP contribution in [0.4, 0.5) is 4.79 Å². The van der Waals surface area contributed by atoms with Crippen molar-refractivity contribution in [3.63, 3.8) is 0 Å². The van der Waals surface area contributed by atoms with Crippen LogP contribution >= 0.6 is 23.2 Å². The third kappa shape index (κ3) is 3.93. The minimum atomic E-state index is -0.900. The molecule has 0 spiro atoms. The molecule has 1 aliphatic heterocycles. The maximum absolute atomic E-state index is 11.4. The quantitative estimate of drug-likeness (QED) is 0.672. The first-order valence-corrected chi connectivity index (χ1v) is 9.99. The Labute approximate surface area is 177 Å². The number of aromatic nitrogens is 4. The number of hydrogen-bond acceptors (Lipinski definition) is 4. The minimum absolute atomic E-state index is 0.413. The van der Waals surface area contributed by atoms with Crippen LogP contribution in [0.15, 0.2) is 48.5 Å². The van der Waals surface area contributed by atoms with Crippen molar-refractivity contribution in [2.75, 3.05) is 13.1 Å². The van der Waals surface area contributed by atoms with Gasteiger partial charge in [-0.05, 0) is 41.3 Å². The Morgan fingerprint density at radius 1 is 1.07 bits per heavy atom. The van der Waals surface area contributed by atoms with E-state index < -0.39 is 11.5 Å². The SMILES string of the molecule is O=C(O)N1CCC(c2ccccc2)(c2nnn(Cc3ccc(Cl)c(Cl)c3)n2)CC1. The normalized spacial score (nSPS) is 16.0. The van der Waals surface area contributed by atoms with E-state index in [4.69, 9.17) is 23.2 Å². The van der Waals surface area contributed by atoms with Crippen molar-refractivity contribution in [1.82, 2.24) is 25.1 Å². The van der Waals surface area contributed by atoms with Crippen LogP contribution in [0, 0.1) is 0 Å². The highest BCUT2D eigenvalue weighted by atomic mass is 35.5. The van der Waals surface area contributed by atoms with Crippen molar-refractivity contribution in [1.29, 1.82) is 0 Å². The molecular formula is C20H19Cl2N5O2. The highest BCUT2D eigenvalue weighted by molar-refractivity contribution is 6.42. The average molecular weight is 432 g/mol. The number of rotatable bonds is 4. The van der Waals surface area contributed by atoms with Gasteiger partial charge in [0.15, 0.2) is 5.82 Å². The van der Waals surface area contributed by atoms with E-state index in [0.29, 0.717) is 48.3 Å². The molecular weight excluding hydrogens is 413 g/mol. The van der Waals surface area contributed by atoms with Gasteiger partial charge in [0.2, 0.25) is 0 Å². The second-order valence-electron chi connectivity index (χ2n) is 7.11. The van der Waals surface area contributed by atoms with Gasteiger partial charge < -0.3 is 10.0 Å². The van der Waals surface area contributed by atoms with E-state index in [1.165, 1.54) is 9.70 Å². The molecule has 0 aliphatic carbocycles. The van der Waals surface area contributed by atoms with E-state index in [0.717, 1.165) is 11.1 Å². The molecule has 0 radical (unpaired) electrons. The van der Waals surface area contributed by atoms with Crippen LogP contribution < -0.4 is 0 Å². The summed E-state index contributed by atoms with van der Waals surface area (Å²) in [6.45, 7) is 1.26. The molecule has 4 rings (SSSR count). The van der Waals surface area contributed by atoms with Gasteiger partial charge >= 0.3 is 6.09 Å². The van der Waals surface area contributed by atoms with Crippen LogP contribution in [0.3, 0.4) is 0 Å². The first-order chi connectivity index (χ1) is 14.0. The van der Waals surface area contributed by atoms with E-state index >= 15 is 0 Å². The smallest absolute Gasteiger partial charge is 0.407 e. The number of carbonyl (C=O) groups is 1. The molecule has 150 valence electrons. The summed E-state index contributed by atoms with van der Waals surface area (Å²) in [5, 5.41) is 23.5. The highest BCUT2D eigenvalue weighted by Crippen LogP contribution is 2.39. The zero-order valence-corrected chi connectivity index (χ0v) is 17.0. The van der Waals surface area contributed by atoms with Gasteiger partial charge in [0, 0.05) is 13.1 Å². The fraction of sp³-hybridized carbons (Fsp3) is 0.300. The van der Waals surface area contributed by atoms with Crippen LogP contribution in [0.25, 0.3) is 0 Å². The molecule has 1 aromatic heterocycles. The molecule has 2 aromatic carbocycles. The Morgan fingerprint density at radius 3 is 2.45 bits per heavy atom. The van der Waals surface area contributed by atoms with Crippen LogP contribution in [0.5, 0.6) is 0 Å². The monoisotopic (exact) mass is 431 g/mol. The number of amides is 1. The minimum Gasteiger partial charge on any atom is -0.465 e. The van der Waals surface area contributed by atoms with Gasteiger partial charge in [0.25, 0.3) is 0 Å². The summed E-state index contributed by atoms with van der Waals surface area (Å²) >= 11 is 12.1. The van der Waals surface area contributed by atoms with Crippen molar-refractivity contribution < 1.29 is 9.90 Å². The van der Waals surface area contributed by atoms with Gasteiger partial charge in [-0.2, -0.15) is 4.80 Å². The molecule has 0 unspecified atom stereocenters. The Morgan fingerprint density at radius 2 is 1.79 bits per heavy atom. The third-order valence-corrected chi connectivity index (χ3v) is 6.14. The van der Waals surface area contributed by atoms with Crippen LogP contribution in [0.1, 0.15) is 29.8 Å². The van der Waals surface area contributed by atoms with Crippen LogP contribution in [-0.4, -0.2) is 49.4 Å². The van der Waals surface area contributed by atoms with Crippen LogP contribution in [-0.2, 0) is 12.0 Å². The summed E-state index contributed by atoms with van der Waals surface area (Å²) in [5.41, 5.74) is 1.51. The predicted octanol–water partition coefficient (Wildman–Crippen LogP) is 4.09. The fourth-order valence-corrected chi connectivity index (χ4v) is 4.10. The van der Waals surface area contributed by atoms with Gasteiger partial charge in [-0.1, -0.05) is 59.6 Å². The first kappa shape index (κ1) is 19.7. The molecule has 2 heterocycles. The molecule has 0 atom stereocenters. The summed E-state index contributed by atoms with van der Waals surface area (Å²) < 4.78 is 0. The molecule has 1 fully saturated rings. The Balaban J connectivity index is 1.64. The molecule has 1 aliphatic rings. The molecule has 1 amide bonds. The molecule has 3 aromatic rings. The van der Waals surface area contributed by atoms with Crippen molar-refractivity contribution in [2.24, 2.45) is 0 Å². The molecule has 7 nitrogen and oxygen atoms in total. The summed E-state index contributed by atoms with van der Waals surface area (Å²) in [7, 11) is 0. The average Bonchev–Trinajstić information content (AvgIpc) is 3.20. The zero-order valence-electron chi connectivity index (χ0n) is 15.5. The highest BCUT2D eigenvalue weighted by Gasteiger charge is 2.42. The number of halogens is 2. The van der Waals surface area contributed by atoms with Gasteiger partial charge in [-0.15, -0.1) is 10.2 Å². The second-order valence-corrected chi connectivity index (χ2v) is 7.92. The van der Waals surface area contributed by atoms with Crippen molar-refractivity contribution in [2.45, 2.75) is 24.8 Å². The van der Waals surface area contributed by atoms with Crippen molar-refractivity contribution in [3.05, 3.63) is 75.5 Å². The number of benzene rings is 2. The lowest BCUT2D eigenvalue weighted by atomic mass is 9.72. The summed E-state index contributed by atoms with van der Waals surface area (Å²) in [4.78, 5) is 14.3. The van der Waals surface area contributed by atoms with E-state index in [1.54, 1.807) is 12.1 Å².